The van der Waals surface area contributed by atoms with Gasteiger partial charge < -0.3 is 15.5 Å². The Hall–Kier alpha value is -2.11. The number of rotatable bonds is 4. The van der Waals surface area contributed by atoms with Gasteiger partial charge in [-0.25, -0.2) is 9.18 Å². The first kappa shape index (κ1) is 15.8. The van der Waals surface area contributed by atoms with Gasteiger partial charge in [0.2, 0.25) is 5.91 Å². The molecular formula is C17H22FN3O2. The van der Waals surface area contributed by atoms with Gasteiger partial charge >= 0.3 is 6.03 Å². The van der Waals surface area contributed by atoms with Crippen molar-refractivity contribution in [1.29, 1.82) is 0 Å². The SMILES string of the molecule is NC(=O)N1CCCC(C(=O)N(Cc2ccccc2F)C2CC2)C1. The van der Waals surface area contributed by atoms with Gasteiger partial charge in [0.25, 0.3) is 0 Å². The summed E-state index contributed by atoms with van der Waals surface area (Å²) in [5, 5.41) is 0. The number of carbonyl (C=O) groups is 2. The Labute approximate surface area is 135 Å². The molecule has 0 aromatic heterocycles. The highest BCUT2D eigenvalue weighted by Gasteiger charge is 2.38. The lowest BCUT2D eigenvalue weighted by atomic mass is 9.96. The average molecular weight is 319 g/mol. The van der Waals surface area contributed by atoms with Gasteiger partial charge in [-0.15, -0.1) is 0 Å². The van der Waals surface area contributed by atoms with E-state index in [0.29, 0.717) is 25.2 Å². The second kappa shape index (κ2) is 6.56. The molecule has 0 radical (unpaired) electrons. The molecule has 1 aliphatic heterocycles. The molecule has 1 aliphatic carbocycles. The minimum Gasteiger partial charge on any atom is -0.351 e. The van der Waals surface area contributed by atoms with Crippen molar-refractivity contribution in [3.63, 3.8) is 0 Å². The summed E-state index contributed by atoms with van der Waals surface area (Å²) >= 11 is 0. The predicted molar refractivity (Wildman–Crippen MR) is 83.9 cm³/mol. The van der Waals surface area contributed by atoms with E-state index in [1.165, 1.54) is 11.0 Å². The fourth-order valence-electron chi connectivity index (χ4n) is 3.20. The Kier molecular flexibility index (Phi) is 4.50. The Morgan fingerprint density at radius 2 is 2.00 bits per heavy atom. The van der Waals surface area contributed by atoms with E-state index in [0.717, 1.165) is 25.7 Å². The van der Waals surface area contributed by atoms with Crippen molar-refractivity contribution in [3.05, 3.63) is 35.6 Å². The highest BCUT2D eigenvalue weighted by molar-refractivity contribution is 5.81. The third-order valence-corrected chi connectivity index (χ3v) is 4.65. The lowest BCUT2D eigenvalue weighted by Crippen LogP contribution is -2.48. The third-order valence-electron chi connectivity index (χ3n) is 4.65. The van der Waals surface area contributed by atoms with Gasteiger partial charge in [0.05, 0.1) is 5.92 Å². The lowest BCUT2D eigenvalue weighted by molar-refractivity contribution is -0.138. The summed E-state index contributed by atoms with van der Waals surface area (Å²) in [5.41, 5.74) is 5.87. The summed E-state index contributed by atoms with van der Waals surface area (Å²) < 4.78 is 13.9. The van der Waals surface area contributed by atoms with Crippen molar-refractivity contribution in [2.24, 2.45) is 11.7 Å². The van der Waals surface area contributed by atoms with Crippen molar-refractivity contribution < 1.29 is 14.0 Å². The summed E-state index contributed by atoms with van der Waals surface area (Å²) in [6.07, 6.45) is 3.46. The number of carbonyl (C=O) groups excluding carboxylic acids is 2. The zero-order valence-corrected chi connectivity index (χ0v) is 13.1. The molecule has 3 rings (SSSR count). The van der Waals surface area contributed by atoms with E-state index in [1.54, 1.807) is 23.1 Å². The fraction of sp³-hybridized carbons (Fsp3) is 0.529. The molecule has 2 fully saturated rings. The standard InChI is InChI=1S/C17H22FN3O2/c18-15-6-2-1-4-12(15)11-21(14-7-8-14)16(22)13-5-3-9-20(10-13)17(19)23/h1-2,4,6,13-14H,3,5,7-11H2,(H2,19,23). The minimum atomic E-state index is -0.477. The quantitative estimate of drug-likeness (QED) is 0.923. The van der Waals surface area contributed by atoms with Crippen LogP contribution < -0.4 is 5.73 Å². The zero-order valence-electron chi connectivity index (χ0n) is 13.1. The van der Waals surface area contributed by atoms with Crippen LogP contribution >= 0.6 is 0 Å². The first-order valence-electron chi connectivity index (χ1n) is 8.14. The molecule has 1 saturated carbocycles. The normalized spacial score (nSPS) is 21.1. The van der Waals surface area contributed by atoms with Gasteiger partial charge in [-0.1, -0.05) is 18.2 Å². The Morgan fingerprint density at radius 1 is 1.26 bits per heavy atom. The smallest absolute Gasteiger partial charge is 0.314 e. The Balaban J connectivity index is 1.72. The lowest BCUT2D eigenvalue weighted by Gasteiger charge is -2.34. The molecule has 1 aromatic carbocycles. The molecule has 3 amide bonds. The molecular weight excluding hydrogens is 297 g/mol. The Morgan fingerprint density at radius 3 is 2.65 bits per heavy atom. The van der Waals surface area contributed by atoms with Gasteiger partial charge in [-0.2, -0.15) is 0 Å². The highest BCUT2D eigenvalue weighted by atomic mass is 19.1. The number of hydrogen-bond donors (Lipinski definition) is 1. The van der Waals surface area contributed by atoms with Crippen molar-refractivity contribution in [3.8, 4) is 0 Å². The summed E-state index contributed by atoms with van der Waals surface area (Å²) in [4.78, 5) is 27.5. The van der Waals surface area contributed by atoms with Crippen LogP contribution in [0.25, 0.3) is 0 Å². The first-order chi connectivity index (χ1) is 11.1. The van der Waals surface area contributed by atoms with E-state index in [-0.39, 0.29) is 23.7 Å². The van der Waals surface area contributed by atoms with Gasteiger partial charge in [0, 0.05) is 31.2 Å². The number of halogens is 1. The molecule has 1 heterocycles. The predicted octanol–water partition coefficient (Wildman–Crippen LogP) is 2.11. The molecule has 0 bridgehead atoms. The molecule has 124 valence electrons. The number of hydrogen-bond acceptors (Lipinski definition) is 2. The molecule has 1 atom stereocenters. The number of urea groups is 1. The molecule has 1 unspecified atom stereocenters. The number of primary amides is 1. The Bertz CT molecular complexity index is 603. The van der Waals surface area contributed by atoms with E-state index in [4.69, 9.17) is 5.73 Å². The highest BCUT2D eigenvalue weighted by Crippen LogP contribution is 2.31. The molecule has 5 nitrogen and oxygen atoms in total. The van der Waals surface area contributed by atoms with Crippen molar-refractivity contribution >= 4 is 11.9 Å². The van der Waals surface area contributed by atoms with Gasteiger partial charge in [-0.05, 0) is 31.7 Å². The van der Waals surface area contributed by atoms with Crippen LogP contribution in [0, 0.1) is 11.7 Å². The van der Waals surface area contributed by atoms with E-state index < -0.39 is 6.03 Å². The van der Waals surface area contributed by atoms with Gasteiger partial charge in [0.1, 0.15) is 5.82 Å². The minimum absolute atomic E-state index is 0.0155. The van der Waals surface area contributed by atoms with Crippen LogP contribution in [0.15, 0.2) is 24.3 Å². The molecule has 1 aromatic rings. The van der Waals surface area contributed by atoms with Crippen LogP contribution in [0.4, 0.5) is 9.18 Å². The number of piperidine rings is 1. The molecule has 23 heavy (non-hydrogen) atoms. The molecule has 2 N–H and O–H groups in total. The first-order valence-corrected chi connectivity index (χ1v) is 8.14. The van der Waals surface area contributed by atoms with E-state index in [9.17, 15) is 14.0 Å². The monoisotopic (exact) mass is 319 g/mol. The summed E-state index contributed by atoms with van der Waals surface area (Å²) in [5.74, 6) is -0.501. The van der Waals surface area contributed by atoms with Crippen LogP contribution in [-0.2, 0) is 11.3 Å². The van der Waals surface area contributed by atoms with Crippen molar-refractivity contribution in [2.75, 3.05) is 13.1 Å². The second-order valence-corrected chi connectivity index (χ2v) is 6.41. The molecule has 0 spiro atoms. The molecule has 6 heteroatoms. The van der Waals surface area contributed by atoms with Crippen LogP contribution in [0.3, 0.4) is 0 Å². The number of amides is 3. The van der Waals surface area contributed by atoms with Crippen LogP contribution in [0.5, 0.6) is 0 Å². The number of benzene rings is 1. The van der Waals surface area contributed by atoms with Crippen molar-refractivity contribution in [2.45, 2.75) is 38.3 Å². The van der Waals surface area contributed by atoms with Crippen LogP contribution in [0.2, 0.25) is 0 Å². The zero-order chi connectivity index (χ0) is 16.4. The number of nitrogens with zero attached hydrogens (tertiary/aromatic N) is 2. The average Bonchev–Trinajstić information content (AvgIpc) is 3.38. The van der Waals surface area contributed by atoms with Crippen LogP contribution in [0.1, 0.15) is 31.2 Å². The maximum atomic E-state index is 13.9. The van der Waals surface area contributed by atoms with E-state index in [1.807, 2.05) is 0 Å². The largest absolute Gasteiger partial charge is 0.351 e. The fourth-order valence-corrected chi connectivity index (χ4v) is 3.20. The summed E-state index contributed by atoms with van der Waals surface area (Å²) in [7, 11) is 0. The molecule has 1 saturated heterocycles. The van der Waals surface area contributed by atoms with E-state index in [2.05, 4.69) is 0 Å². The van der Waals surface area contributed by atoms with Gasteiger partial charge in [-0.3, -0.25) is 4.79 Å². The topological polar surface area (TPSA) is 66.6 Å². The van der Waals surface area contributed by atoms with Crippen LogP contribution in [-0.4, -0.2) is 40.9 Å². The number of likely N-dealkylation sites (tertiary alicyclic amines) is 1. The molecule has 2 aliphatic rings. The third kappa shape index (κ3) is 3.63. The van der Waals surface area contributed by atoms with E-state index >= 15 is 0 Å². The van der Waals surface area contributed by atoms with Crippen molar-refractivity contribution in [1.82, 2.24) is 9.80 Å². The maximum Gasteiger partial charge on any atom is 0.314 e. The number of nitrogens with two attached hydrogens (primary N) is 1. The summed E-state index contributed by atoms with van der Waals surface area (Å²) in [6.45, 7) is 1.27. The maximum absolute atomic E-state index is 13.9. The summed E-state index contributed by atoms with van der Waals surface area (Å²) in [6, 6.07) is 6.28. The second-order valence-electron chi connectivity index (χ2n) is 6.41. The van der Waals surface area contributed by atoms with Gasteiger partial charge in [0.15, 0.2) is 0 Å².